The van der Waals surface area contributed by atoms with Gasteiger partial charge in [0.2, 0.25) is 0 Å². The van der Waals surface area contributed by atoms with Crippen LogP contribution in [-0.2, 0) is 0 Å². The summed E-state index contributed by atoms with van der Waals surface area (Å²) in [4.78, 5) is 2.53. The highest BCUT2D eigenvalue weighted by Crippen LogP contribution is 2.28. The van der Waals surface area contributed by atoms with Gasteiger partial charge >= 0.3 is 0 Å². The number of halogens is 1. The van der Waals surface area contributed by atoms with Crippen LogP contribution in [0.1, 0.15) is 52.0 Å². The molecule has 1 fully saturated rings. The van der Waals surface area contributed by atoms with E-state index in [0.29, 0.717) is 0 Å². The Kier molecular flexibility index (Phi) is 8.11. The molecule has 2 aliphatic rings. The number of aromatic nitrogens is 1. The number of rotatable bonds is 2. The molecule has 26 heavy (non-hydrogen) atoms. The number of fused-ring (bicyclic) bond motifs is 1. The van der Waals surface area contributed by atoms with E-state index in [2.05, 4.69) is 18.7 Å². The number of hydrogen-bond acceptors (Lipinski definition) is 1. The number of allylic oxidation sites excluding steroid dienone is 4. The largest absolute Gasteiger partial charge is 0.324 e. The first kappa shape index (κ1) is 20.4. The Balaban J connectivity index is 0.000000206. The molecule has 0 saturated carbocycles. The van der Waals surface area contributed by atoms with Crippen LogP contribution in [0.5, 0.6) is 0 Å². The second kappa shape index (κ2) is 10.3. The molecule has 0 radical (unpaired) electrons. The van der Waals surface area contributed by atoms with E-state index < -0.39 is 6.17 Å². The first-order valence-corrected chi connectivity index (χ1v) is 9.98. The fraction of sp³-hybridized carbons (Fsp3) is 0.478. The predicted molar refractivity (Wildman–Crippen MR) is 111 cm³/mol. The molecule has 0 aromatic carbocycles. The molecule has 142 valence electrons. The van der Waals surface area contributed by atoms with Crippen LogP contribution in [0.3, 0.4) is 0 Å². The van der Waals surface area contributed by atoms with Crippen molar-refractivity contribution in [1.82, 2.24) is 9.30 Å². The molecule has 2 aromatic heterocycles. The monoisotopic (exact) mass is 356 g/mol. The van der Waals surface area contributed by atoms with Crippen LogP contribution in [0.25, 0.3) is 5.52 Å². The highest BCUT2D eigenvalue weighted by atomic mass is 19.1. The van der Waals surface area contributed by atoms with E-state index in [1.165, 1.54) is 25.9 Å². The Morgan fingerprint density at radius 1 is 1.12 bits per heavy atom. The van der Waals surface area contributed by atoms with Crippen molar-refractivity contribution >= 4 is 5.52 Å². The molecule has 0 bridgehead atoms. The summed E-state index contributed by atoms with van der Waals surface area (Å²) >= 11 is 0. The maximum Gasteiger partial charge on any atom is 0.129 e. The first-order chi connectivity index (χ1) is 12.7. The highest BCUT2D eigenvalue weighted by Gasteiger charge is 2.19. The Morgan fingerprint density at radius 3 is 2.50 bits per heavy atom. The molecule has 3 heteroatoms. The minimum absolute atomic E-state index is 0.148. The molecule has 2 aromatic rings. The third-order valence-electron chi connectivity index (χ3n) is 5.10. The lowest BCUT2D eigenvalue weighted by Gasteiger charge is -2.18. The molecule has 1 aliphatic heterocycles. The lowest BCUT2D eigenvalue weighted by Crippen LogP contribution is -2.25. The van der Waals surface area contributed by atoms with Gasteiger partial charge in [0.05, 0.1) is 0 Å². The summed E-state index contributed by atoms with van der Waals surface area (Å²) in [5.41, 5.74) is 2.13. The zero-order chi connectivity index (χ0) is 18.9. The maximum atomic E-state index is 13.7. The summed E-state index contributed by atoms with van der Waals surface area (Å²) in [6.07, 6.45) is 13.1. The van der Waals surface area contributed by atoms with Crippen LogP contribution in [0.15, 0.2) is 61.0 Å². The molecular weight excluding hydrogens is 323 g/mol. The van der Waals surface area contributed by atoms with Crippen LogP contribution in [0, 0.1) is 0 Å². The van der Waals surface area contributed by atoms with Crippen molar-refractivity contribution in [2.75, 3.05) is 13.1 Å². The average Bonchev–Trinajstić information content (AvgIpc) is 3.32. The van der Waals surface area contributed by atoms with E-state index in [-0.39, 0.29) is 5.92 Å². The van der Waals surface area contributed by atoms with Crippen LogP contribution in [0.2, 0.25) is 0 Å². The number of nitrogens with zero attached hydrogens (tertiary/aromatic N) is 2. The van der Waals surface area contributed by atoms with Crippen LogP contribution < -0.4 is 0 Å². The van der Waals surface area contributed by atoms with Crippen LogP contribution in [0.4, 0.5) is 4.39 Å². The van der Waals surface area contributed by atoms with Gasteiger partial charge in [0, 0.05) is 29.9 Å². The molecule has 0 N–H and O–H groups in total. The van der Waals surface area contributed by atoms with Gasteiger partial charge in [0.25, 0.3) is 0 Å². The topological polar surface area (TPSA) is 7.65 Å². The van der Waals surface area contributed by atoms with Crippen molar-refractivity contribution in [2.45, 2.75) is 58.7 Å². The average molecular weight is 357 g/mol. The molecule has 1 aliphatic carbocycles. The fourth-order valence-electron chi connectivity index (χ4n) is 3.59. The summed E-state index contributed by atoms with van der Waals surface area (Å²) in [5.74, 6) is -0.148. The molecule has 1 saturated heterocycles. The Hall–Kier alpha value is -1.87. The van der Waals surface area contributed by atoms with Gasteiger partial charge in [-0.15, -0.1) is 0 Å². The predicted octanol–water partition coefficient (Wildman–Crippen LogP) is 6.00. The van der Waals surface area contributed by atoms with Gasteiger partial charge in [0.15, 0.2) is 0 Å². The van der Waals surface area contributed by atoms with Crippen molar-refractivity contribution < 1.29 is 4.39 Å². The van der Waals surface area contributed by atoms with Crippen molar-refractivity contribution in [3.63, 3.8) is 0 Å². The van der Waals surface area contributed by atoms with Crippen LogP contribution >= 0.6 is 0 Å². The fourth-order valence-corrected chi connectivity index (χ4v) is 3.59. The van der Waals surface area contributed by atoms with Gasteiger partial charge < -0.3 is 9.30 Å². The second-order valence-corrected chi connectivity index (χ2v) is 6.66. The summed E-state index contributed by atoms with van der Waals surface area (Å²) in [6.45, 7) is 11.1. The lowest BCUT2D eigenvalue weighted by atomic mass is 9.91. The SMILES string of the molecule is CC.CCN1CCC[C@H]1C.FC1C=CC=CC1c1ccn2cccc2c1. The molecule has 0 spiro atoms. The molecule has 2 nitrogen and oxygen atoms in total. The summed E-state index contributed by atoms with van der Waals surface area (Å²) in [5, 5.41) is 0. The Morgan fingerprint density at radius 2 is 1.88 bits per heavy atom. The van der Waals surface area contributed by atoms with Gasteiger partial charge in [-0.1, -0.05) is 39.0 Å². The summed E-state index contributed by atoms with van der Waals surface area (Å²) < 4.78 is 15.7. The maximum absolute atomic E-state index is 13.7. The number of alkyl halides is 1. The van der Waals surface area contributed by atoms with Crippen molar-refractivity contribution in [2.24, 2.45) is 0 Å². The van der Waals surface area contributed by atoms with E-state index in [1.54, 1.807) is 12.2 Å². The standard InChI is InChI=1S/C14H12FN.C7H15N.C2H6/c15-14-6-2-1-5-13(14)11-7-9-16-8-3-4-12(16)10-11;1-3-8-6-4-5-7(8)2;1-2/h1-10,13-14H;7H,3-6H2,1-2H3;1-2H3/t;7-;/m.1./s1. The second-order valence-electron chi connectivity index (χ2n) is 6.66. The van der Waals surface area contributed by atoms with E-state index in [9.17, 15) is 4.39 Å². The third kappa shape index (κ3) is 5.07. The zero-order valence-corrected chi connectivity index (χ0v) is 16.6. The molecule has 3 heterocycles. The van der Waals surface area contributed by atoms with Gasteiger partial charge in [-0.3, -0.25) is 0 Å². The van der Waals surface area contributed by atoms with E-state index >= 15 is 0 Å². The third-order valence-corrected chi connectivity index (χ3v) is 5.10. The summed E-state index contributed by atoms with van der Waals surface area (Å²) in [6, 6.07) is 8.90. The summed E-state index contributed by atoms with van der Waals surface area (Å²) in [7, 11) is 0. The van der Waals surface area contributed by atoms with Gasteiger partial charge in [-0.2, -0.15) is 0 Å². The van der Waals surface area contributed by atoms with E-state index in [0.717, 1.165) is 17.1 Å². The zero-order valence-electron chi connectivity index (χ0n) is 16.6. The van der Waals surface area contributed by atoms with Gasteiger partial charge in [-0.05, 0) is 68.8 Å². The van der Waals surface area contributed by atoms with Crippen LogP contribution in [-0.4, -0.2) is 34.6 Å². The molecule has 0 amide bonds. The molecule has 4 rings (SSSR count). The van der Waals surface area contributed by atoms with E-state index in [4.69, 9.17) is 0 Å². The Labute approximate surface area is 158 Å². The van der Waals surface area contributed by atoms with Crippen molar-refractivity contribution in [3.05, 3.63) is 66.5 Å². The minimum Gasteiger partial charge on any atom is -0.324 e. The van der Waals surface area contributed by atoms with Gasteiger partial charge in [0.1, 0.15) is 6.17 Å². The molecule has 3 atom stereocenters. The number of pyridine rings is 1. The van der Waals surface area contributed by atoms with Crippen molar-refractivity contribution in [1.29, 1.82) is 0 Å². The quantitative estimate of drug-likeness (QED) is 0.640. The molecular formula is C23H33FN2. The Bertz CT molecular complexity index is 716. The normalized spacial score (nSPS) is 24.7. The number of likely N-dealkylation sites (tertiary alicyclic amines) is 1. The van der Waals surface area contributed by atoms with Crippen molar-refractivity contribution in [3.8, 4) is 0 Å². The minimum atomic E-state index is -0.914. The first-order valence-electron chi connectivity index (χ1n) is 9.98. The lowest BCUT2D eigenvalue weighted by molar-refractivity contribution is 0.284. The van der Waals surface area contributed by atoms with Gasteiger partial charge in [-0.25, -0.2) is 4.39 Å². The molecule has 2 unspecified atom stereocenters. The smallest absolute Gasteiger partial charge is 0.129 e. The number of hydrogen-bond donors (Lipinski definition) is 0. The van der Waals surface area contributed by atoms with E-state index in [1.807, 2.05) is 67.1 Å². The highest BCUT2D eigenvalue weighted by molar-refractivity contribution is 5.51.